The zero-order valence-corrected chi connectivity index (χ0v) is 19.7. The van der Waals surface area contributed by atoms with Gasteiger partial charge >= 0.3 is 0 Å². The monoisotopic (exact) mass is 442 g/mol. The number of benzene rings is 3. The molecule has 0 bridgehead atoms. The van der Waals surface area contributed by atoms with Gasteiger partial charge in [0.1, 0.15) is 5.75 Å². The summed E-state index contributed by atoms with van der Waals surface area (Å²) in [6, 6.07) is 27.0. The van der Waals surface area contributed by atoms with Crippen LogP contribution in [-0.4, -0.2) is 35.5 Å². The number of methoxy groups -OCH3 is 1. The van der Waals surface area contributed by atoms with E-state index in [9.17, 15) is 4.79 Å². The topological polar surface area (TPSA) is 32.8 Å². The maximum atomic E-state index is 13.7. The Balaban J connectivity index is 1.58. The number of aryl methyl sites for hydroxylation is 1. The van der Waals surface area contributed by atoms with Crippen LogP contribution in [0.25, 0.3) is 0 Å². The van der Waals surface area contributed by atoms with Crippen LogP contribution in [0.15, 0.2) is 78.9 Å². The first-order valence-corrected chi connectivity index (χ1v) is 11.9. The third kappa shape index (κ3) is 6.23. The van der Waals surface area contributed by atoms with Gasteiger partial charge in [-0.3, -0.25) is 9.69 Å². The molecule has 4 heteroatoms. The van der Waals surface area contributed by atoms with Crippen LogP contribution in [0.2, 0.25) is 0 Å². The van der Waals surface area contributed by atoms with Crippen LogP contribution < -0.4 is 4.74 Å². The average Bonchev–Trinajstić information content (AvgIpc) is 2.85. The first kappa shape index (κ1) is 23.1. The third-order valence-electron chi connectivity index (χ3n) is 6.48. The fraction of sp³-hybridized carbons (Fsp3) is 0.345. The van der Waals surface area contributed by atoms with E-state index in [1.54, 1.807) is 7.11 Å². The Morgan fingerprint density at radius 3 is 2.30 bits per heavy atom. The Kier molecular flexibility index (Phi) is 7.79. The molecule has 1 atom stereocenters. The minimum atomic E-state index is 0.103. The Labute approximate surface area is 197 Å². The normalized spacial score (nSPS) is 16.4. The van der Waals surface area contributed by atoms with Crippen molar-refractivity contribution in [3.8, 4) is 5.75 Å². The van der Waals surface area contributed by atoms with Crippen molar-refractivity contribution in [2.24, 2.45) is 0 Å². The Bertz CT molecular complexity index is 1020. The molecule has 33 heavy (non-hydrogen) atoms. The van der Waals surface area contributed by atoms with Crippen molar-refractivity contribution >= 4 is 5.91 Å². The second-order valence-electron chi connectivity index (χ2n) is 8.96. The van der Waals surface area contributed by atoms with E-state index in [-0.39, 0.29) is 12.1 Å². The van der Waals surface area contributed by atoms with Gasteiger partial charge in [-0.05, 0) is 55.0 Å². The van der Waals surface area contributed by atoms with Crippen LogP contribution in [0.5, 0.6) is 5.75 Å². The first-order valence-electron chi connectivity index (χ1n) is 11.9. The van der Waals surface area contributed by atoms with Crippen molar-refractivity contribution < 1.29 is 9.53 Å². The van der Waals surface area contributed by atoms with Gasteiger partial charge in [0, 0.05) is 19.6 Å². The van der Waals surface area contributed by atoms with Crippen LogP contribution in [0.3, 0.4) is 0 Å². The van der Waals surface area contributed by atoms with E-state index in [1.807, 2.05) is 24.3 Å². The predicted octanol–water partition coefficient (Wildman–Crippen LogP) is 5.59. The summed E-state index contributed by atoms with van der Waals surface area (Å²) in [5.41, 5.74) is 4.72. The Morgan fingerprint density at radius 2 is 1.61 bits per heavy atom. The third-order valence-corrected chi connectivity index (χ3v) is 6.48. The lowest BCUT2D eigenvalue weighted by Gasteiger charge is -2.43. The van der Waals surface area contributed by atoms with Gasteiger partial charge in [0.25, 0.3) is 0 Å². The number of amides is 1. The molecule has 3 aromatic carbocycles. The molecule has 0 aromatic heterocycles. The molecule has 3 aromatic rings. The quantitative estimate of drug-likeness (QED) is 0.456. The van der Waals surface area contributed by atoms with E-state index in [4.69, 9.17) is 4.74 Å². The highest BCUT2D eigenvalue weighted by atomic mass is 16.5. The second kappa shape index (κ2) is 11.2. The van der Waals surface area contributed by atoms with Gasteiger partial charge in [-0.1, -0.05) is 72.3 Å². The van der Waals surface area contributed by atoms with Crippen molar-refractivity contribution in [3.05, 3.63) is 101 Å². The molecule has 0 saturated carbocycles. The number of carbonyl (C=O) groups excluding carboxylic acids is 1. The highest BCUT2D eigenvalue weighted by molar-refractivity contribution is 5.79. The molecule has 0 aliphatic carbocycles. The molecule has 1 amide bonds. The standard InChI is InChI=1S/C29H34N2O2/c1-23-11-13-26(14-12-23)22-31(29(32)20-24-15-17-27(33-2)18-16-24)28-10-6-7-19-30(28)21-25-8-4-3-5-9-25/h3-5,8-9,11-18,28H,6-7,10,19-22H2,1-2H3. The molecule has 0 radical (unpaired) electrons. The zero-order chi connectivity index (χ0) is 23.0. The van der Waals surface area contributed by atoms with Crippen molar-refractivity contribution in [1.29, 1.82) is 0 Å². The van der Waals surface area contributed by atoms with E-state index in [0.717, 1.165) is 37.2 Å². The molecule has 1 fully saturated rings. The number of hydrogen-bond acceptors (Lipinski definition) is 3. The van der Waals surface area contributed by atoms with E-state index in [2.05, 4.69) is 71.3 Å². The summed E-state index contributed by atoms with van der Waals surface area (Å²) in [4.78, 5) is 18.3. The number of piperidine rings is 1. The number of rotatable bonds is 8. The summed E-state index contributed by atoms with van der Waals surface area (Å²) < 4.78 is 5.27. The summed E-state index contributed by atoms with van der Waals surface area (Å²) in [5, 5.41) is 0. The highest BCUT2D eigenvalue weighted by Gasteiger charge is 2.31. The number of nitrogens with zero attached hydrogens (tertiary/aromatic N) is 2. The van der Waals surface area contributed by atoms with E-state index in [1.165, 1.54) is 23.1 Å². The highest BCUT2D eigenvalue weighted by Crippen LogP contribution is 2.25. The molecular weight excluding hydrogens is 408 g/mol. The van der Waals surface area contributed by atoms with Gasteiger partial charge in [-0.25, -0.2) is 0 Å². The van der Waals surface area contributed by atoms with E-state index >= 15 is 0 Å². The minimum Gasteiger partial charge on any atom is -0.497 e. The molecule has 1 saturated heterocycles. The molecule has 1 aliphatic heterocycles. The smallest absolute Gasteiger partial charge is 0.228 e. The van der Waals surface area contributed by atoms with Crippen molar-refractivity contribution in [2.45, 2.75) is 51.9 Å². The molecule has 4 rings (SSSR count). The van der Waals surface area contributed by atoms with Gasteiger partial charge in [0.2, 0.25) is 5.91 Å². The first-order chi connectivity index (χ1) is 16.1. The van der Waals surface area contributed by atoms with Gasteiger partial charge in [0.15, 0.2) is 0 Å². The van der Waals surface area contributed by atoms with Crippen LogP contribution in [-0.2, 0) is 24.3 Å². The maximum Gasteiger partial charge on any atom is 0.228 e. The van der Waals surface area contributed by atoms with Gasteiger partial charge in [-0.15, -0.1) is 0 Å². The Hall–Kier alpha value is -3.11. The van der Waals surface area contributed by atoms with Gasteiger partial charge < -0.3 is 9.64 Å². The van der Waals surface area contributed by atoms with E-state index in [0.29, 0.717) is 13.0 Å². The minimum absolute atomic E-state index is 0.103. The summed E-state index contributed by atoms with van der Waals surface area (Å²) in [7, 11) is 1.66. The molecule has 0 spiro atoms. The molecule has 0 N–H and O–H groups in total. The fourth-order valence-corrected chi connectivity index (χ4v) is 4.60. The summed E-state index contributed by atoms with van der Waals surface area (Å²) >= 11 is 0. The summed E-state index contributed by atoms with van der Waals surface area (Å²) in [5.74, 6) is 0.981. The lowest BCUT2D eigenvalue weighted by molar-refractivity contribution is -0.140. The number of carbonyl (C=O) groups is 1. The van der Waals surface area contributed by atoms with E-state index < -0.39 is 0 Å². The molecule has 4 nitrogen and oxygen atoms in total. The molecule has 1 unspecified atom stereocenters. The van der Waals surface area contributed by atoms with Crippen molar-refractivity contribution in [3.63, 3.8) is 0 Å². The number of ether oxygens (including phenoxy) is 1. The zero-order valence-electron chi connectivity index (χ0n) is 19.7. The Morgan fingerprint density at radius 1 is 0.909 bits per heavy atom. The lowest BCUT2D eigenvalue weighted by Crippen LogP contribution is -2.52. The predicted molar refractivity (Wildman–Crippen MR) is 133 cm³/mol. The van der Waals surface area contributed by atoms with Gasteiger partial charge in [-0.2, -0.15) is 0 Å². The largest absolute Gasteiger partial charge is 0.497 e. The van der Waals surface area contributed by atoms with Crippen LogP contribution in [0, 0.1) is 6.92 Å². The lowest BCUT2D eigenvalue weighted by atomic mass is 10.0. The molecule has 172 valence electrons. The van der Waals surface area contributed by atoms with Crippen LogP contribution in [0.4, 0.5) is 0 Å². The summed E-state index contributed by atoms with van der Waals surface area (Å²) in [6.07, 6.45) is 3.83. The van der Waals surface area contributed by atoms with Crippen molar-refractivity contribution in [1.82, 2.24) is 9.80 Å². The van der Waals surface area contributed by atoms with Crippen LogP contribution in [0.1, 0.15) is 41.5 Å². The SMILES string of the molecule is COc1ccc(CC(=O)N(Cc2ccc(C)cc2)C2CCCCN2Cc2ccccc2)cc1. The molecular formula is C29H34N2O2. The fourth-order valence-electron chi connectivity index (χ4n) is 4.60. The van der Waals surface area contributed by atoms with Gasteiger partial charge in [0.05, 0.1) is 19.7 Å². The average molecular weight is 443 g/mol. The maximum absolute atomic E-state index is 13.7. The molecule has 1 aliphatic rings. The second-order valence-corrected chi connectivity index (χ2v) is 8.96. The van der Waals surface area contributed by atoms with Crippen molar-refractivity contribution in [2.75, 3.05) is 13.7 Å². The summed E-state index contributed by atoms with van der Waals surface area (Å²) in [6.45, 7) is 4.61. The number of likely N-dealkylation sites (tertiary alicyclic amines) is 1. The molecule has 1 heterocycles. The number of hydrogen-bond donors (Lipinski definition) is 0. The van der Waals surface area contributed by atoms with Crippen LogP contribution >= 0.6 is 0 Å².